The molecule has 5 rings (SSSR count). The second kappa shape index (κ2) is 8.69. The van der Waals surface area contributed by atoms with Crippen LogP contribution in [0.2, 0.25) is 0 Å². The number of nitrogens with zero attached hydrogens (tertiary/aromatic N) is 2. The van der Waals surface area contributed by atoms with Crippen molar-refractivity contribution in [3.8, 4) is 0 Å². The first-order chi connectivity index (χ1) is 15.5. The molecule has 1 fully saturated rings. The SMILES string of the molecule is O=C1/C(=C/c2cn(Cc3ccccc3F)c3ccc(Br)cc23)SC(=S)N1Cc1ccco1. The van der Waals surface area contributed by atoms with Crippen LogP contribution in [0, 0.1) is 5.82 Å². The van der Waals surface area contributed by atoms with Crippen LogP contribution in [0.3, 0.4) is 0 Å². The van der Waals surface area contributed by atoms with Gasteiger partial charge in [-0.15, -0.1) is 0 Å². The highest BCUT2D eigenvalue weighted by atomic mass is 79.9. The van der Waals surface area contributed by atoms with Crippen LogP contribution >= 0.6 is 39.9 Å². The molecule has 0 radical (unpaired) electrons. The number of hydrogen-bond donors (Lipinski definition) is 0. The van der Waals surface area contributed by atoms with E-state index in [4.69, 9.17) is 16.6 Å². The van der Waals surface area contributed by atoms with Crippen molar-refractivity contribution < 1.29 is 13.6 Å². The lowest BCUT2D eigenvalue weighted by atomic mass is 10.1. The predicted octanol–water partition coefficient (Wildman–Crippen LogP) is 6.59. The van der Waals surface area contributed by atoms with Crippen molar-refractivity contribution in [2.75, 3.05) is 0 Å². The topological polar surface area (TPSA) is 38.4 Å². The number of fused-ring (bicyclic) bond motifs is 1. The number of aromatic nitrogens is 1. The molecule has 0 N–H and O–H groups in total. The standard InChI is InChI=1S/C24H16BrFN2O2S2/c25-17-7-8-21-19(11-17)16(13-27(21)12-15-4-1-2-6-20(15)26)10-22-23(29)28(24(31)32-22)14-18-5-3-9-30-18/h1-11,13H,12,14H2/b22-10-. The highest BCUT2D eigenvalue weighted by molar-refractivity contribution is 9.10. The van der Waals surface area contributed by atoms with Crippen LogP contribution in [0.15, 0.2) is 80.9 Å². The van der Waals surface area contributed by atoms with Gasteiger partial charge in [0.15, 0.2) is 0 Å². The highest BCUT2D eigenvalue weighted by Gasteiger charge is 2.32. The van der Waals surface area contributed by atoms with Crippen molar-refractivity contribution in [3.63, 3.8) is 0 Å². The Hall–Kier alpha value is -2.68. The molecule has 0 aliphatic carbocycles. The molecule has 3 heterocycles. The zero-order chi connectivity index (χ0) is 22.2. The molecule has 32 heavy (non-hydrogen) atoms. The number of rotatable bonds is 5. The Bertz CT molecular complexity index is 1380. The van der Waals surface area contributed by atoms with Crippen molar-refractivity contribution >= 4 is 67.1 Å². The minimum atomic E-state index is -0.244. The summed E-state index contributed by atoms with van der Waals surface area (Å²) >= 11 is 10.2. The summed E-state index contributed by atoms with van der Waals surface area (Å²) < 4.78 is 23.0. The zero-order valence-electron chi connectivity index (χ0n) is 16.6. The monoisotopic (exact) mass is 526 g/mol. The average Bonchev–Trinajstić information content (AvgIpc) is 3.46. The molecular formula is C24H16BrFN2O2S2. The van der Waals surface area contributed by atoms with Crippen LogP contribution < -0.4 is 0 Å². The Morgan fingerprint density at radius 2 is 1.97 bits per heavy atom. The fourth-order valence-corrected chi connectivity index (χ4v) is 5.30. The second-order valence-corrected chi connectivity index (χ2v) is 9.90. The van der Waals surface area contributed by atoms with Crippen LogP contribution in [-0.4, -0.2) is 19.7 Å². The van der Waals surface area contributed by atoms with Gasteiger partial charge in [0.05, 0.1) is 24.3 Å². The Kier molecular flexibility index (Phi) is 5.75. The van der Waals surface area contributed by atoms with E-state index in [1.165, 1.54) is 17.8 Å². The van der Waals surface area contributed by atoms with Crippen molar-refractivity contribution in [1.29, 1.82) is 0 Å². The van der Waals surface area contributed by atoms with Gasteiger partial charge in [-0.3, -0.25) is 9.69 Å². The summed E-state index contributed by atoms with van der Waals surface area (Å²) in [6.45, 7) is 0.688. The van der Waals surface area contributed by atoms with Crippen molar-refractivity contribution in [1.82, 2.24) is 9.47 Å². The lowest BCUT2D eigenvalue weighted by molar-refractivity contribution is -0.122. The van der Waals surface area contributed by atoms with E-state index in [-0.39, 0.29) is 11.7 Å². The highest BCUT2D eigenvalue weighted by Crippen LogP contribution is 2.36. The number of furan rings is 1. The fourth-order valence-electron chi connectivity index (χ4n) is 3.69. The first-order valence-corrected chi connectivity index (χ1v) is 11.8. The third kappa shape index (κ3) is 4.05. The maximum absolute atomic E-state index is 14.3. The van der Waals surface area contributed by atoms with Crippen molar-refractivity contribution in [3.05, 3.63) is 99.1 Å². The molecule has 4 nitrogen and oxygen atoms in total. The molecule has 0 spiro atoms. The third-order valence-electron chi connectivity index (χ3n) is 5.23. The zero-order valence-corrected chi connectivity index (χ0v) is 19.8. The maximum Gasteiger partial charge on any atom is 0.266 e. The predicted molar refractivity (Wildman–Crippen MR) is 133 cm³/mol. The summed E-state index contributed by atoms with van der Waals surface area (Å²) in [6.07, 6.45) is 5.38. The van der Waals surface area contributed by atoms with Gasteiger partial charge < -0.3 is 8.98 Å². The van der Waals surface area contributed by atoms with Gasteiger partial charge in [-0.25, -0.2) is 4.39 Å². The van der Waals surface area contributed by atoms with Crippen molar-refractivity contribution in [2.45, 2.75) is 13.1 Å². The Morgan fingerprint density at radius 3 is 2.75 bits per heavy atom. The third-order valence-corrected chi connectivity index (χ3v) is 7.10. The number of thiocarbonyl (C=S) groups is 1. The van der Waals surface area contributed by atoms with E-state index in [0.717, 1.165) is 20.9 Å². The molecule has 1 saturated heterocycles. The number of carbonyl (C=O) groups excluding carboxylic acids is 1. The van der Waals surface area contributed by atoms with E-state index in [2.05, 4.69) is 15.9 Å². The van der Waals surface area contributed by atoms with Gasteiger partial charge >= 0.3 is 0 Å². The molecule has 8 heteroatoms. The summed E-state index contributed by atoms with van der Waals surface area (Å²) in [5.74, 6) is 0.279. The Labute approximate surface area is 201 Å². The van der Waals surface area contributed by atoms with E-state index >= 15 is 0 Å². The number of halogens is 2. The van der Waals surface area contributed by atoms with Crippen LogP contribution in [0.5, 0.6) is 0 Å². The smallest absolute Gasteiger partial charge is 0.266 e. The minimum Gasteiger partial charge on any atom is -0.467 e. The number of benzene rings is 2. The van der Waals surface area contributed by atoms with Crippen LogP contribution in [-0.2, 0) is 17.9 Å². The summed E-state index contributed by atoms with van der Waals surface area (Å²) in [5, 5.41) is 0.965. The summed E-state index contributed by atoms with van der Waals surface area (Å²) in [5.41, 5.74) is 2.42. The van der Waals surface area contributed by atoms with Crippen LogP contribution in [0.25, 0.3) is 17.0 Å². The van der Waals surface area contributed by atoms with Gasteiger partial charge in [0, 0.05) is 32.7 Å². The maximum atomic E-state index is 14.3. The van der Waals surface area contributed by atoms with E-state index in [9.17, 15) is 9.18 Å². The van der Waals surface area contributed by atoms with E-state index < -0.39 is 0 Å². The van der Waals surface area contributed by atoms with Crippen molar-refractivity contribution in [2.24, 2.45) is 0 Å². The van der Waals surface area contributed by atoms with E-state index in [0.29, 0.717) is 33.6 Å². The van der Waals surface area contributed by atoms with Gasteiger partial charge in [-0.2, -0.15) is 0 Å². The van der Waals surface area contributed by atoms with Gasteiger partial charge in [-0.05, 0) is 42.5 Å². The fraction of sp³-hybridized carbons (Fsp3) is 0.0833. The average molecular weight is 527 g/mol. The van der Waals surface area contributed by atoms with Crippen LogP contribution in [0.1, 0.15) is 16.9 Å². The quantitative estimate of drug-likeness (QED) is 0.217. The normalized spacial score (nSPS) is 15.4. The summed E-state index contributed by atoms with van der Waals surface area (Å²) in [6, 6.07) is 16.3. The Balaban J connectivity index is 1.52. The van der Waals surface area contributed by atoms with Gasteiger partial charge in [-0.1, -0.05) is 58.1 Å². The number of thioether (sulfide) groups is 1. The van der Waals surface area contributed by atoms with Gasteiger partial charge in [0.2, 0.25) is 0 Å². The molecule has 0 saturated carbocycles. The van der Waals surface area contributed by atoms with E-state index in [1.54, 1.807) is 29.4 Å². The van der Waals surface area contributed by atoms with Crippen LogP contribution in [0.4, 0.5) is 4.39 Å². The summed E-state index contributed by atoms with van der Waals surface area (Å²) in [7, 11) is 0. The molecular weight excluding hydrogens is 511 g/mol. The molecule has 160 valence electrons. The lowest BCUT2D eigenvalue weighted by Gasteiger charge is -2.11. The molecule has 1 aliphatic rings. The molecule has 2 aromatic carbocycles. The number of hydrogen-bond acceptors (Lipinski definition) is 4. The molecule has 2 aromatic heterocycles. The van der Waals surface area contributed by atoms with Gasteiger partial charge in [0.1, 0.15) is 15.9 Å². The number of carbonyl (C=O) groups is 1. The first kappa shape index (κ1) is 21.2. The first-order valence-electron chi connectivity index (χ1n) is 9.79. The van der Waals surface area contributed by atoms with Gasteiger partial charge in [0.25, 0.3) is 5.91 Å². The molecule has 1 aliphatic heterocycles. The lowest BCUT2D eigenvalue weighted by Crippen LogP contribution is -2.27. The largest absolute Gasteiger partial charge is 0.467 e. The second-order valence-electron chi connectivity index (χ2n) is 7.31. The minimum absolute atomic E-state index is 0.151. The molecule has 0 unspecified atom stereocenters. The molecule has 1 amide bonds. The number of amides is 1. The molecule has 0 atom stereocenters. The summed E-state index contributed by atoms with van der Waals surface area (Å²) in [4.78, 5) is 15.1. The Morgan fingerprint density at radius 1 is 1.12 bits per heavy atom. The van der Waals surface area contributed by atoms with E-state index in [1.807, 2.05) is 47.2 Å². The molecule has 4 aromatic rings. The molecule has 0 bridgehead atoms.